The van der Waals surface area contributed by atoms with Crippen molar-refractivity contribution < 1.29 is 49.1 Å². The normalized spacial score (nSPS) is 23.8. The summed E-state index contributed by atoms with van der Waals surface area (Å²) >= 11 is 0. The molecule has 2 rings (SSSR count). The zero-order chi connectivity index (χ0) is 26.5. The lowest BCUT2D eigenvalue weighted by atomic mass is 9.99. The second-order valence-corrected chi connectivity index (χ2v) is 8.17. The number of aliphatic hydroxyl groups is 4. The number of unbranched alkanes of at least 4 members (excludes halogenated alkanes) is 2. The summed E-state index contributed by atoms with van der Waals surface area (Å²) in [5, 5.41) is 52.4. The Labute approximate surface area is 208 Å². The molecule has 36 heavy (non-hydrogen) atoms. The second kappa shape index (κ2) is 15.5. The molecule has 5 unspecified atom stereocenters. The Morgan fingerprint density at radius 2 is 1.89 bits per heavy atom. The Kier molecular flexibility index (Phi) is 12.8. The highest BCUT2D eigenvalue weighted by Gasteiger charge is 2.43. The fraction of sp³-hybridized carbons (Fsp3) is 0.682. The number of hydrogen-bond donors (Lipinski definition) is 6. The lowest BCUT2D eigenvalue weighted by Gasteiger charge is -2.39. The minimum absolute atomic E-state index is 0.181. The number of alkyl carbamates (subject to hydrolysis) is 1. The molecule has 0 aliphatic carbocycles. The van der Waals surface area contributed by atoms with E-state index in [0.717, 1.165) is 0 Å². The summed E-state index contributed by atoms with van der Waals surface area (Å²) in [4.78, 5) is 22.6. The number of nitro benzene ring substituents is 1. The summed E-state index contributed by atoms with van der Waals surface area (Å²) in [6, 6.07) is 4.22. The van der Waals surface area contributed by atoms with Crippen LogP contribution in [-0.4, -0.2) is 95.1 Å². The first-order valence-corrected chi connectivity index (χ1v) is 11.7. The van der Waals surface area contributed by atoms with E-state index in [-0.39, 0.29) is 24.5 Å². The van der Waals surface area contributed by atoms with Gasteiger partial charge in [0.15, 0.2) is 6.29 Å². The Morgan fingerprint density at radius 1 is 1.11 bits per heavy atom. The van der Waals surface area contributed by atoms with Crippen LogP contribution in [-0.2, 0) is 20.8 Å². The number of hydrogen-bond acceptors (Lipinski definition) is 12. The molecule has 14 nitrogen and oxygen atoms in total. The van der Waals surface area contributed by atoms with Crippen molar-refractivity contribution in [3.63, 3.8) is 0 Å². The van der Waals surface area contributed by atoms with Crippen LogP contribution in [0.2, 0.25) is 0 Å². The molecule has 7 N–H and O–H groups in total. The van der Waals surface area contributed by atoms with Gasteiger partial charge in [-0.2, -0.15) is 0 Å². The zero-order valence-corrected chi connectivity index (χ0v) is 19.9. The fourth-order valence-electron chi connectivity index (χ4n) is 3.41. The number of amides is 1. The largest absolute Gasteiger partial charge is 0.494 e. The third kappa shape index (κ3) is 9.13. The van der Waals surface area contributed by atoms with Gasteiger partial charge in [-0.15, -0.1) is 0 Å². The molecule has 204 valence electrons. The number of nitrogens with zero attached hydrogens (tertiary/aromatic N) is 1. The predicted molar refractivity (Wildman–Crippen MR) is 124 cm³/mol. The van der Waals surface area contributed by atoms with E-state index >= 15 is 0 Å². The van der Waals surface area contributed by atoms with Crippen LogP contribution in [0.15, 0.2) is 18.2 Å². The minimum Gasteiger partial charge on any atom is -0.494 e. The van der Waals surface area contributed by atoms with Crippen LogP contribution >= 0.6 is 0 Å². The maximum Gasteiger partial charge on any atom is 0.407 e. The van der Waals surface area contributed by atoms with E-state index in [2.05, 4.69) is 5.32 Å². The molecule has 1 heterocycles. The summed E-state index contributed by atoms with van der Waals surface area (Å²) in [5.41, 5.74) is 5.43. The maximum absolute atomic E-state index is 12.0. The molecule has 1 aromatic carbocycles. The average molecular weight is 518 g/mol. The number of aliphatic hydroxyl groups excluding tert-OH is 4. The number of nitrogens with two attached hydrogens (primary N) is 1. The molecular weight excluding hydrogens is 482 g/mol. The van der Waals surface area contributed by atoms with Gasteiger partial charge in [0.1, 0.15) is 36.8 Å². The number of rotatable bonds is 15. The van der Waals surface area contributed by atoms with Gasteiger partial charge in [-0.25, -0.2) is 4.79 Å². The lowest BCUT2D eigenvalue weighted by molar-refractivity contribution is -0.385. The monoisotopic (exact) mass is 517 g/mol. The van der Waals surface area contributed by atoms with Gasteiger partial charge in [0.05, 0.1) is 23.7 Å². The van der Waals surface area contributed by atoms with Crippen molar-refractivity contribution in [1.82, 2.24) is 5.32 Å². The van der Waals surface area contributed by atoms with Crippen LogP contribution in [0.3, 0.4) is 0 Å². The van der Waals surface area contributed by atoms with Crippen molar-refractivity contribution in [2.45, 2.75) is 63.0 Å². The standard InChI is InChI=1S/C22H35N3O11/c23-7-4-10-33-15-5-6-16(25(31)32)14(11-15)13-35-22(30)24-8-2-1-3-9-34-21-20(29)19(28)18(27)17(12-26)36-21/h5-6,11,17-21,26-29H,1-4,7-10,12-13,23H2,(H,24,30). The van der Waals surface area contributed by atoms with Gasteiger partial charge in [-0.1, -0.05) is 0 Å². The summed E-state index contributed by atoms with van der Waals surface area (Å²) in [7, 11) is 0. The fourth-order valence-corrected chi connectivity index (χ4v) is 3.41. The van der Waals surface area contributed by atoms with Gasteiger partial charge in [0, 0.05) is 19.2 Å². The van der Waals surface area contributed by atoms with Crippen molar-refractivity contribution >= 4 is 11.8 Å². The molecular formula is C22H35N3O11. The third-order valence-electron chi connectivity index (χ3n) is 5.44. The molecule has 14 heteroatoms. The van der Waals surface area contributed by atoms with Crippen molar-refractivity contribution in [3.05, 3.63) is 33.9 Å². The predicted octanol–water partition coefficient (Wildman–Crippen LogP) is -0.465. The van der Waals surface area contributed by atoms with E-state index in [1.807, 2.05) is 0 Å². The van der Waals surface area contributed by atoms with E-state index in [1.165, 1.54) is 18.2 Å². The molecule has 1 saturated heterocycles. The minimum atomic E-state index is -1.50. The van der Waals surface area contributed by atoms with Crippen molar-refractivity contribution in [2.24, 2.45) is 5.73 Å². The van der Waals surface area contributed by atoms with Gasteiger partial charge in [-0.05, 0) is 44.4 Å². The Hall–Kier alpha value is -2.59. The van der Waals surface area contributed by atoms with Crippen LogP contribution in [0.4, 0.5) is 10.5 Å². The number of nitro groups is 1. The summed E-state index contributed by atoms with van der Waals surface area (Å²) in [6.45, 7) is 0.456. The van der Waals surface area contributed by atoms with Crippen molar-refractivity contribution in [1.29, 1.82) is 0 Å². The molecule has 0 radical (unpaired) electrons. The molecule has 1 aliphatic heterocycles. The SMILES string of the molecule is NCCCOc1ccc([N+](=O)[O-])c(COC(=O)NCCCCCOC2OC(CO)C(O)C(O)C2O)c1. The van der Waals surface area contributed by atoms with Crippen LogP contribution in [0, 0.1) is 10.1 Å². The van der Waals surface area contributed by atoms with Crippen LogP contribution in [0.25, 0.3) is 0 Å². The molecule has 1 aliphatic rings. The Balaban J connectivity index is 1.65. The molecule has 0 bridgehead atoms. The average Bonchev–Trinajstić information content (AvgIpc) is 2.86. The van der Waals surface area contributed by atoms with Crippen molar-refractivity contribution in [2.75, 3.05) is 32.9 Å². The lowest BCUT2D eigenvalue weighted by Crippen LogP contribution is -2.59. The Bertz CT molecular complexity index is 826. The van der Waals surface area contributed by atoms with Crippen LogP contribution in [0.5, 0.6) is 5.75 Å². The van der Waals surface area contributed by atoms with E-state index in [0.29, 0.717) is 51.1 Å². The van der Waals surface area contributed by atoms with Gasteiger partial charge >= 0.3 is 6.09 Å². The number of carbonyl (C=O) groups excluding carboxylic acids is 1. The second-order valence-electron chi connectivity index (χ2n) is 8.17. The number of ether oxygens (including phenoxy) is 4. The smallest absolute Gasteiger partial charge is 0.407 e. The third-order valence-corrected chi connectivity index (χ3v) is 5.44. The first-order chi connectivity index (χ1) is 17.3. The molecule has 1 fully saturated rings. The number of nitrogens with one attached hydrogen (secondary N) is 1. The molecule has 1 amide bonds. The van der Waals surface area contributed by atoms with E-state index in [1.54, 1.807) is 0 Å². The number of carbonyl (C=O) groups is 1. The summed E-state index contributed by atoms with van der Waals surface area (Å²) < 4.78 is 21.2. The number of benzene rings is 1. The highest BCUT2D eigenvalue weighted by atomic mass is 16.7. The van der Waals surface area contributed by atoms with E-state index in [9.17, 15) is 35.3 Å². The van der Waals surface area contributed by atoms with Gasteiger partial charge in [-0.3, -0.25) is 10.1 Å². The van der Waals surface area contributed by atoms with Crippen LogP contribution in [0.1, 0.15) is 31.2 Å². The molecule has 1 aromatic rings. The van der Waals surface area contributed by atoms with E-state index < -0.39 is 48.3 Å². The topological polar surface area (TPSA) is 216 Å². The summed E-state index contributed by atoms with van der Waals surface area (Å²) in [5.74, 6) is 0.416. The molecule has 0 saturated carbocycles. The molecule has 0 aromatic heterocycles. The molecule has 0 spiro atoms. The Morgan fingerprint density at radius 3 is 2.58 bits per heavy atom. The zero-order valence-electron chi connectivity index (χ0n) is 19.9. The first kappa shape index (κ1) is 29.6. The van der Waals surface area contributed by atoms with Crippen LogP contribution < -0.4 is 15.8 Å². The highest BCUT2D eigenvalue weighted by Crippen LogP contribution is 2.25. The van der Waals surface area contributed by atoms with Crippen molar-refractivity contribution in [3.8, 4) is 5.75 Å². The highest BCUT2D eigenvalue weighted by molar-refractivity contribution is 5.67. The summed E-state index contributed by atoms with van der Waals surface area (Å²) in [6.07, 6.45) is -4.92. The quantitative estimate of drug-likeness (QED) is 0.0989. The van der Waals surface area contributed by atoms with Gasteiger partial charge < -0.3 is 50.4 Å². The van der Waals surface area contributed by atoms with E-state index in [4.69, 9.17) is 24.7 Å². The van der Waals surface area contributed by atoms with Gasteiger partial charge in [0.25, 0.3) is 5.69 Å². The molecule has 5 atom stereocenters. The maximum atomic E-state index is 12.0. The van der Waals surface area contributed by atoms with Gasteiger partial charge in [0.2, 0.25) is 0 Å². The first-order valence-electron chi connectivity index (χ1n) is 11.7.